The topological polar surface area (TPSA) is 120 Å². The van der Waals surface area contributed by atoms with Crippen LogP contribution in [-0.4, -0.2) is 53.3 Å². The zero-order valence-corrected chi connectivity index (χ0v) is 17.4. The summed E-state index contributed by atoms with van der Waals surface area (Å²) < 4.78 is 31.6. The van der Waals surface area contributed by atoms with Crippen molar-refractivity contribution >= 4 is 43.2 Å². The Morgan fingerprint density at radius 2 is 2.14 bits per heavy atom. The quantitative estimate of drug-likeness (QED) is 0.542. The Bertz CT molecular complexity index is 1030. The molecule has 2 heterocycles. The SMILES string of the molecule is CC(C)(C)OC(=O)N1CCC[C@H]1CS(=O)(=O)c1nc2cc([N+](=O)[O-])ccc2s1. The maximum atomic E-state index is 12.9. The Morgan fingerprint density at radius 3 is 2.79 bits per heavy atom. The van der Waals surface area contributed by atoms with Crippen molar-refractivity contribution in [2.45, 2.75) is 49.6 Å². The van der Waals surface area contributed by atoms with E-state index in [0.717, 1.165) is 11.3 Å². The average Bonchev–Trinajstić information content (AvgIpc) is 3.18. The monoisotopic (exact) mass is 427 g/mol. The third-order valence-electron chi connectivity index (χ3n) is 4.25. The summed E-state index contributed by atoms with van der Waals surface area (Å²) >= 11 is 0.971. The maximum absolute atomic E-state index is 12.9. The number of sulfone groups is 1. The molecule has 0 bridgehead atoms. The van der Waals surface area contributed by atoms with Crippen LogP contribution in [0.5, 0.6) is 0 Å². The number of nitro groups is 1. The number of ether oxygens (including phenoxy) is 1. The fourth-order valence-electron chi connectivity index (χ4n) is 3.04. The highest BCUT2D eigenvalue weighted by Gasteiger charge is 2.36. The molecule has 9 nitrogen and oxygen atoms in total. The first-order valence-corrected chi connectivity index (χ1v) is 11.2. The van der Waals surface area contributed by atoms with E-state index in [1.807, 2.05) is 0 Å². The van der Waals surface area contributed by atoms with Crippen molar-refractivity contribution in [3.8, 4) is 0 Å². The Labute approximate surface area is 166 Å². The van der Waals surface area contributed by atoms with Crippen LogP contribution < -0.4 is 0 Å². The van der Waals surface area contributed by atoms with Gasteiger partial charge in [-0.15, -0.1) is 11.3 Å². The highest BCUT2D eigenvalue weighted by atomic mass is 32.2. The number of hydrogen-bond acceptors (Lipinski definition) is 8. The van der Waals surface area contributed by atoms with Crippen LogP contribution in [-0.2, 0) is 14.6 Å². The molecular formula is C17H21N3O6S2. The largest absolute Gasteiger partial charge is 0.444 e. The molecule has 0 unspecified atom stereocenters. The molecule has 0 aliphatic carbocycles. The maximum Gasteiger partial charge on any atom is 0.410 e. The Hall–Kier alpha value is -2.27. The van der Waals surface area contributed by atoms with Crippen molar-refractivity contribution in [3.05, 3.63) is 28.3 Å². The third-order valence-corrected chi connectivity index (χ3v) is 7.54. The minimum atomic E-state index is -3.76. The summed E-state index contributed by atoms with van der Waals surface area (Å²) in [4.78, 5) is 28.3. The fraction of sp³-hybridized carbons (Fsp3) is 0.529. The van der Waals surface area contributed by atoms with Crippen LogP contribution in [0.1, 0.15) is 33.6 Å². The molecule has 1 saturated heterocycles. The van der Waals surface area contributed by atoms with E-state index in [1.165, 1.54) is 23.1 Å². The zero-order chi connectivity index (χ0) is 20.7. The number of carbonyl (C=O) groups is 1. The number of nitrogens with zero attached hydrogens (tertiary/aromatic N) is 3. The molecule has 2 aromatic rings. The molecule has 1 atom stereocenters. The first kappa shape index (κ1) is 20.5. The molecule has 0 radical (unpaired) electrons. The van der Waals surface area contributed by atoms with Gasteiger partial charge in [0.1, 0.15) is 5.60 Å². The van der Waals surface area contributed by atoms with E-state index in [2.05, 4.69) is 4.98 Å². The van der Waals surface area contributed by atoms with Gasteiger partial charge in [0.05, 0.1) is 20.9 Å². The summed E-state index contributed by atoms with van der Waals surface area (Å²) in [7, 11) is -3.76. The van der Waals surface area contributed by atoms with Gasteiger partial charge in [0.2, 0.25) is 14.2 Å². The molecule has 1 aliphatic rings. The Kier molecular flexibility index (Phi) is 5.32. The number of fused-ring (bicyclic) bond motifs is 1. The lowest BCUT2D eigenvalue weighted by molar-refractivity contribution is -0.384. The summed E-state index contributed by atoms with van der Waals surface area (Å²) in [5.74, 6) is -0.256. The van der Waals surface area contributed by atoms with Gasteiger partial charge in [-0.2, -0.15) is 0 Å². The lowest BCUT2D eigenvalue weighted by Gasteiger charge is -2.28. The molecule has 28 heavy (non-hydrogen) atoms. The van der Waals surface area contributed by atoms with Crippen LogP contribution in [0.2, 0.25) is 0 Å². The number of benzene rings is 1. The van der Waals surface area contributed by atoms with Crippen LogP contribution in [0.15, 0.2) is 22.5 Å². The standard InChI is InChI=1S/C17H21N3O6S2/c1-17(2,3)26-16(21)19-8-4-5-12(19)10-28(24,25)15-18-13-9-11(20(22)23)6-7-14(13)27-15/h6-7,9,12H,4-5,8,10H2,1-3H3/t12-/m0/s1. The predicted octanol–water partition coefficient (Wildman–Crippen LogP) is 3.38. The Balaban J connectivity index is 1.82. The second kappa shape index (κ2) is 7.28. The average molecular weight is 428 g/mol. The van der Waals surface area contributed by atoms with Crippen LogP contribution in [0.25, 0.3) is 10.2 Å². The minimum absolute atomic E-state index is 0.0981. The summed E-state index contributed by atoms with van der Waals surface area (Å²) in [5, 5.41) is 10.9. The minimum Gasteiger partial charge on any atom is -0.444 e. The fourth-order valence-corrected chi connectivity index (χ4v) is 5.93. The van der Waals surface area contributed by atoms with Gasteiger partial charge in [-0.3, -0.25) is 10.1 Å². The van der Waals surface area contributed by atoms with Crippen LogP contribution in [0.4, 0.5) is 10.5 Å². The highest BCUT2D eigenvalue weighted by Crippen LogP contribution is 2.31. The van der Waals surface area contributed by atoms with E-state index >= 15 is 0 Å². The number of amides is 1. The van der Waals surface area contributed by atoms with Crippen molar-refractivity contribution in [2.75, 3.05) is 12.3 Å². The highest BCUT2D eigenvalue weighted by molar-refractivity contribution is 7.93. The molecule has 0 spiro atoms. The number of nitro benzene ring substituents is 1. The van der Waals surface area contributed by atoms with Crippen molar-refractivity contribution in [1.29, 1.82) is 0 Å². The molecule has 11 heteroatoms. The molecule has 152 valence electrons. The number of carbonyl (C=O) groups excluding carboxylic acids is 1. The van der Waals surface area contributed by atoms with Gasteiger partial charge in [0.15, 0.2) is 0 Å². The van der Waals surface area contributed by atoms with E-state index in [-0.39, 0.29) is 21.3 Å². The van der Waals surface area contributed by atoms with Crippen molar-refractivity contribution in [1.82, 2.24) is 9.88 Å². The summed E-state index contributed by atoms with van der Waals surface area (Å²) in [6.07, 6.45) is 0.741. The molecule has 1 fully saturated rings. The number of aromatic nitrogens is 1. The normalized spacial score (nSPS) is 17.8. The lowest BCUT2D eigenvalue weighted by Crippen LogP contribution is -2.42. The predicted molar refractivity (Wildman–Crippen MR) is 104 cm³/mol. The van der Waals surface area contributed by atoms with Gasteiger partial charge in [0, 0.05) is 24.7 Å². The summed E-state index contributed by atoms with van der Waals surface area (Å²) in [6.45, 7) is 5.72. The molecular weight excluding hydrogens is 406 g/mol. The van der Waals surface area contributed by atoms with Crippen LogP contribution in [0.3, 0.4) is 0 Å². The molecule has 3 rings (SSSR count). The van der Waals surface area contributed by atoms with E-state index in [4.69, 9.17) is 4.74 Å². The number of likely N-dealkylation sites (tertiary alicyclic amines) is 1. The molecule has 0 saturated carbocycles. The molecule has 0 N–H and O–H groups in total. The Morgan fingerprint density at radius 1 is 1.43 bits per heavy atom. The molecule has 1 aromatic heterocycles. The van der Waals surface area contributed by atoms with Crippen LogP contribution >= 0.6 is 11.3 Å². The van der Waals surface area contributed by atoms with Gasteiger partial charge in [-0.1, -0.05) is 0 Å². The number of thiazole rings is 1. The first-order chi connectivity index (χ1) is 13.0. The van der Waals surface area contributed by atoms with Gasteiger partial charge >= 0.3 is 6.09 Å². The van der Waals surface area contributed by atoms with E-state index in [9.17, 15) is 23.3 Å². The summed E-state index contributed by atoms with van der Waals surface area (Å²) in [5.41, 5.74) is -0.535. The second-order valence-corrected chi connectivity index (χ2v) is 10.9. The summed E-state index contributed by atoms with van der Waals surface area (Å²) in [6, 6.07) is 3.58. The number of hydrogen-bond donors (Lipinski definition) is 0. The van der Waals surface area contributed by atoms with E-state index in [1.54, 1.807) is 20.8 Å². The number of rotatable bonds is 4. The van der Waals surface area contributed by atoms with Crippen molar-refractivity contribution < 1.29 is 22.9 Å². The smallest absolute Gasteiger partial charge is 0.410 e. The second-order valence-electron chi connectivity index (χ2n) is 7.64. The number of non-ortho nitro benzene ring substituents is 1. The van der Waals surface area contributed by atoms with Gasteiger partial charge in [-0.05, 0) is 39.7 Å². The molecule has 1 aromatic carbocycles. The van der Waals surface area contributed by atoms with E-state index in [0.29, 0.717) is 24.1 Å². The van der Waals surface area contributed by atoms with Gasteiger partial charge in [-0.25, -0.2) is 18.2 Å². The first-order valence-electron chi connectivity index (χ1n) is 8.74. The zero-order valence-electron chi connectivity index (χ0n) is 15.7. The van der Waals surface area contributed by atoms with Crippen molar-refractivity contribution in [2.24, 2.45) is 0 Å². The van der Waals surface area contributed by atoms with Crippen LogP contribution in [0, 0.1) is 10.1 Å². The van der Waals surface area contributed by atoms with Gasteiger partial charge < -0.3 is 9.64 Å². The third kappa shape index (κ3) is 4.41. The molecule has 1 aliphatic heterocycles. The molecule has 1 amide bonds. The van der Waals surface area contributed by atoms with Gasteiger partial charge in [0.25, 0.3) is 5.69 Å². The lowest BCUT2D eigenvalue weighted by atomic mass is 10.2. The van der Waals surface area contributed by atoms with Crippen molar-refractivity contribution in [3.63, 3.8) is 0 Å². The van der Waals surface area contributed by atoms with E-state index < -0.39 is 32.5 Å².